The summed E-state index contributed by atoms with van der Waals surface area (Å²) in [4.78, 5) is 28.4. The van der Waals surface area contributed by atoms with Crippen molar-refractivity contribution in [3.05, 3.63) is 35.9 Å². The van der Waals surface area contributed by atoms with E-state index in [4.69, 9.17) is 9.73 Å². The van der Waals surface area contributed by atoms with Crippen molar-refractivity contribution >= 4 is 17.7 Å². The molecule has 1 unspecified atom stereocenters. The summed E-state index contributed by atoms with van der Waals surface area (Å²) < 4.78 is 4.94. The molecule has 1 fully saturated rings. The van der Waals surface area contributed by atoms with Gasteiger partial charge in [0.25, 0.3) is 0 Å². The lowest BCUT2D eigenvalue weighted by Crippen LogP contribution is -2.36. The lowest BCUT2D eigenvalue weighted by Gasteiger charge is -2.25. The predicted molar refractivity (Wildman–Crippen MR) is 92.1 cm³/mol. The van der Waals surface area contributed by atoms with Crippen molar-refractivity contribution in [3.63, 3.8) is 0 Å². The minimum atomic E-state index is -1.03. The number of benzene rings is 1. The number of carboxylic acids is 1. The lowest BCUT2D eigenvalue weighted by molar-refractivity contribution is -0.147. The Kier molecular flexibility index (Phi) is 6.12. The van der Waals surface area contributed by atoms with Crippen LogP contribution in [0.3, 0.4) is 0 Å². The Hall–Kier alpha value is -2.17. The second-order valence-corrected chi connectivity index (χ2v) is 6.21. The van der Waals surface area contributed by atoms with Crippen LogP contribution in [0.15, 0.2) is 35.3 Å². The number of hydrogen-bond acceptors (Lipinski definition) is 4. The summed E-state index contributed by atoms with van der Waals surface area (Å²) in [6.45, 7) is 4.03. The van der Waals surface area contributed by atoms with Gasteiger partial charge in [-0.15, -0.1) is 0 Å². The average Bonchev–Trinajstić information content (AvgIpc) is 2.98. The number of carbonyl (C=O) groups excluding carboxylic acids is 1. The molecule has 0 bridgehead atoms. The van der Waals surface area contributed by atoms with Crippen molar-refractivity contribution in [2.24, 2.45) is 10.4 Å². The molecule has 1 saturated carbocycles. The zero-order valence-electron chi connectivity index (χ0n) is 14.3. The fourth-order valence-corrected chi connectivity index (χ4v) is 3.32. The number of aliphatic imine (C=N–C) groups is 1. The fourth-order valence-electron chi connectivity index (χ4n) is 3.32. The van der Waals surface area contributed by atoms with Gasteiger partial charge in [-0.2, -0.15) is 0 Å². The van der Waals surface area contributed by atoms with Gasteiger partial charge in [-0.25, -0.2) is 0 Å². The average molecular weight is 331 g/mol. The Morgan fingerprint density at radius 1 is 1.33 bits per heavy atom. The molecule has 1 aliphatic rings. The molecular weight excluding hydrogens is 306 g/mol. The number of ether oxygens (including phenoxy) is 1. The Balaban J connectivity index is 2.21. The van der Waals surface area contributed by atoms with Gasteiger partial charge in [-0.05, 0) is 45.1 Å². The molecule has 5 nitrogen and oxygen atoms in total. The number of nitrogens with zero attached hydrogens (tertiary/aromatic N) is 1. The summed E-state index contributed by atoms with van der Waals surface area (Å²) in [6, 6.07) is 9.73. The van der Waals surface area contributed by atoms with Crippen molar-refractivity contribution in [3.8, 4) is 0 Å². The van der Waals surface area contributed by atoms with Gasteiger partial charge >= 0.3 is 11.9 Å². The van der Waals surface area contributed by atoms with Gasteiger partial charge in [-0.3, -0.25) is 14.6 Å². The van der Waals surface area contributed by atoms with Crippen molar-refractivity contribution in [2.45, 2.75) is 52.0 Å². The van der Waals surface area contributed by atoms with E-state index in [2.05, 4.69) is 0 Å². The first-order valence-electron chi connectivity index (χ1n) is 8.50. The van der Waals surface area contributed by atoms with Crippen LogP contribution in [-0.4, -0.2) is 29.4 Å². The predicted octanol–water partition coefficient (Wildman–Crippen LogP) is 3.79. The molecule has 0 radical (unpaired) electrons. The SMILES string of the molecule is CCOC(=O)CCC1(C(=O)O)CCCC1=N[C@@H](C)c1ccccc1. The summed E-state index contributed by atoms with van der Waals surface area (Å²) in [6.07, 6.45) is 2.35. The molecule has 0 spiro atoms. The van der Waals surface area contributed by atoms with Gasteiger partial charge in [0.05, 0.1) is 12.6 Å². The van der Waals surface area contributed by atoms with E-state index in [0.717, 1.165) is 12.0 Å². The van der Waals surface area contributed by atoms with Crippen molar-refractivity contribution in [2.75, 3.05) is 6.61 Å². The molecule has 0 heterocycles. The van der Waals surface area contributed by atoms with Gasteiger partial charge < -0.3 is 9.84 Å². The maximum absolute atomic E-state index is 12.0. The van der Waals surface area contributed by atoms with Gasteiger partial charge in [0, 0.05) is 12.1 Å². The molecular formula is C19H25NO4. The maximum Gasteiger partial charge on any atom is 0.315 e. The van der Waals surface area contributed by atoms with Crippen molar-refractivity contribution < 1.29 is 19.4 Å². The molecule has 0 aliphatic heterocycles. The maximum atomic E-state index is 12.0. The van der Waals surface area contributed by atoms with Crippen LogP contribution in [0.25, 0.3) is 0 Å². The fraction of sp³-hybridized carbons (Fsp3) is 0.526. The highest BCUT2D eigenvalue weighted by atomic mass is 16.5. The van der Waals surface area contributed by atoms with Crippen LogP contribution < -0.4 is 0 Å². The summed E-state index contributed by atoms with van der Waals surface area (Å²) in [5.41, 5.74) is 0.729. The number of carbonyl (C=O) groups is 2. The van der Waals surface area contributed by atoms with E-state index in [1.807, 2.05) is 37.3 Å². The largest absolute Gasteiger partial charge is 0.481 e. The second-order valence-electron chi connectivity index (χ2n) is 6.21. The third-order valence-electron chi connectivity index (χ3n) is 4.67. The molecule has 0 saturated heterocycles. The lowest BCUT2D eigenvalue weighted by atomic mass is 9.80. The normalized spacial score (nSPS) is 23.2. The third kappa shape index (κ3) is 4.02. The molecule has 24 heavy (non-hydrogen) atoms. The first-order valence-corrected chi connectivity index (χ1v) is 8.50. The Labute approximate surface area is 142 Å². The Bertz CT molecular complexity index is 611. The summed E-state index contributed by atoms with van der Waals surface area (Å²) >= 11 is 0. The second kappa shape index (κ2) is 8.08. The number of rotatable bonds is 7. The number of aliphatic carboxylic acids is 1. The van der Waals surface area contributed by atoms with E-state index in [9.17, 15) is 14.7 Å². The van der Waals surface area contributed by atoms with Crippen LogP contribution in [0.1, 0.15) is 57.6 Å². The zero-order valence-corrected chi connectivity index (χ0v) is 14.3. The van der Waals surface area contributed by atoms with Gasteiger partial charge in [-0.1, -0.05) is 30.3 Å². The number of carboxylic acid groups (broad SMARTS) is 1. The summed E-state index contributed by atoms with van der Waals surface area (Å²) in [5, 5.41) is 9.83. The topological polar surface area (TPSA) is 76.0 Å². The smallest absolute Gasteiger partial charge is 0.315 e. The van der Waals surface area contributed by atoms with Crippen LogP contribution in [0.4, 0.5) is 0 Å². The molecule has 1 N–H and O–H groups in total. The highest BCUT2D eigenvalue weighted by molar-refractivity contribution is 6.07. The zero-order chi connectivity index (χ0) is 17.6. The highest BCUT2D eigenvalue weighted by Crippen LogP contribution is 2.41. The van der Waals surface area contributed by atoms with Gasteiger partial charge in [0.15, 0.2) is 0 Å². The molecule has 1 aromatic carbocycles. The third-order valence-corrected chi connectivity index (χ3v) is 4.67. The number of esters is 1. The molecule has 130 valence electrons. The summed E-state index contributed by atoms with van der Waals surface area (Å²) in [7, 11) is 0. The summed E-state index contributed by atoms with van der Waals surface area (Å²) in [5.74, 6) is -1.23. The molecule has 1 aromatic rings. The monoisotopic (exact) mass is 331 g/mol. The molecule has 2 atom stereocenters. The van der Waals surface area contributed by atoms with Crippen LogP contribution in [-0.2, 0) is 14.3 Å². The van der Waals surface area contributed by atoms with E-state index in [1.165, 1.54) is 0 Å². The van der Waals surface area contributed by atoms with E-state index in [0.29, 0.717) is 25.2 Å². The van der Waals surface area contributed by atoms with E-state index in [-0.39, 0.29) is 24.9 Å². The molecule has 2 rings (SSSR count). The first kappa shape index (κ1) is 18.2. The molecule has 0 amide bonds. The van der Waals surface area contributed by atoms with E-state index < -0.39 is 11.4 Å². The van der Waals surface area contributed by atoms with Crippen LogP contribution in [0, 0.1) is 5.41 Å². The van der Waals surface area contributed by atoms with Crippen molar-refractivity contribution in [1.82, 2.24) is 0 Å². The highest BCUT2D eigenvalue weighted by Gasteiger charge is 2.47. The molecule has 0 aromatic heterocycles. The number of hydrogen-bond donors (Lipinski definition) is 1. The van der Waals surface area contributed by atoms with Gasteiger partial charge in [0.2, 0.25) is 0 Å². The van der Waals surface area contributed by atoms with E-state index in [1.54, 1.807) is 6.92 Å². The first-order chi connectivity index (χ1) is 11.5. The van der Waals surface area contributed by atoms with Gasteiger partial charge in [0.1, 0.15) is 5.41 Å². The minimum Gasteiger partial charge on any atom is -0.481 e. The van der Waals surface area contributed by atoms with Crippen LogP contribution >= 0.6 is 0 Å². The Morgan fingerprint density at radius 2 is 2.04 bits per heavy atom. The molecule has 5 heteroatoms. The van der Waals surface area contributed by atoms with Crippen LogP contribution in [0.2, 0.25) is 0 Å². The quantitative estimate of drug-likeness (QED) is 0.771. The standard InChI is InChI=1S/C19H25NO4/c1-3-24-17(21)11-13-19(18(22)23)12-7-10-16(19)20-14(2)15-8-5-4-6-9-15/h4-6,8-9,14H,3,7,10-13H2,1-2H3,(H,22,23)/t14-,19?/m0/s1. The Morgan fingerprint density at radius 3 is 2.67 bits per heavy atom. The minimum absolute atomic E-state index is 0.0966. The van der Waals surface area contributed by atoms with Crippen LogP contribution in [0.5, 0.6) is 0 Å². The van der Waals surface area contributed by atoms with Crippen molar-refractivity contribution in [1.29, 1.82) is 0 Å². The van der Waals surface area contributed by atoms with E-state index >= 15 is 0 Å². The molecule has 1 aliphatic carbocycles.